The van der Waals surface area contributed by atoms with Gasteiger partial charge in [-0.15, -0.1) is 0 Å². The lowest BCUT2D eigenvalue weighted by Gasteiger charge is -2.38. The number of aliphatic hydroxyl groups excluding tert-OH is 3. The van der Waals surface area contributed by atoms with Gasteiger partial charge < -0.3 is 44.7 Å². The van der Waals surface area contributed by atoms with Crippen molar-refractivity contribution in [2.24, 2.45) is 0 Å². The summed E-state index contributed by atoms with van der Waals surface area (Å²) in [5.41, 5.74) is 0.445. The summed E-state index contributed by atoms with van der Waals surface area (Å²) in [6, 6.07) is 4.29. The van der Waals surface area contributed by atoms with Gasteiger partial charge in [0.25, 0.3) is 11.8 Å². The molecule has 5 N–H and O–H groups in total. The van der Waals surface area contributed by atoms with Crippen LogP contribution in [0.2, 0.25) is 0 Å². The molecule has 1 saturated heterocycles. The van der Waals surface area contributed by atoms with Gasteiger partial charge in [0, 0.05) is 36.7 Å². The summed E-state index contributed by atoms with van der Waals surface area (Å²) in [4.78, 5) is 58.9. The Morgan fingerprint density at radius 3 is 2.40 bits per heavy atom. The van der Waals surface area contributed by atoms with Gasteiger partial charge in [0.1, 0.15) is 43.0 Å². The fraction of sp³-hybridized carbons (Fsp3) is 0.480. The van der Waals surface area contributed by atoms with E-state index in [1.165, 1.54) is 18.2 Å². The van der Waals surface area contributed by atoms with Gasteiger partial charge in [0.2, 0.25) is 12.2 Å². The molecular formula is C25H30N2O13. The van der Waals surface area contributed by atoms with Crippen LogP contribution in [0.5, 0.6) is 11.5 Å². The number of imide groups is 1. The molecule has 40 heavy (non-hydrogen) atoms. The zero-order valence-electron chi connectivity index (χ0n) is 21.4. The second-order valence-electron chi connectivity index (χ2n) is 8.78. The Balaban J connectivity index is 1.60. The molecule has 2 heterocycles. The first kappa shape index (κ1) is 30.5. The third kappa shape index (κ3) is 7.75. The maximum atomic E-state index is 12.0. The predicted octanol–water partition coefficient (Wildman–Crippen LogP) is -1.78. The number of carbonyl (C=O) groups is 5. The van der Waals surface area contributed by atoms with E-state index in [4.69, 9.17) is 18.9 Å². The Labute approximate surface area is 227 Å². The maximum absolute atomic E-state index is 12.0. The monoisotopic (exact) mass is 566 g/mol. The lowest BCUT2D eigenvalue weighted by Crippen LogP contribution is -2.61. The number of carbonyl (C=O) groups excluding carboxylic acids is 4. The summed E-state index contributed by atoms with van der Waals surface area (Å²) >= 11 is 0. The van der Waals surface area contributed by atoms with Crippen LogP contribution in [0.1, 0.15) is 25.3 Å². The van der Waals surface area contributed by atoms with Crippen LogP contribution >= 0.6 is 0 Å². The summed E-state index contributed by atoms with van der Waals surface area (Å²) in [6.07, 6.45) is -6.38. The van der Waals surface area contributed by atoms with Gasteiger partial charge in [-0.05, 0) is 18.6 Å². The highest BCUT2D eigenvalue weighted by atomic mass is 16.7. The van der Waals surface area contributed by atoms with Crippen LogP contribution in [0.25, 0.3) is 0 Å². The standard InChI is InChI=1S/C25H30N2O13/c1-2-19(31)38-12-13-4-5-14(39-25-22(34)20(32)21(33)23(40-25)24(35)36)10-15(13)37-9-3-8-26-16(28)11-27-17(29)6-7-18(27)30/h4-7,10,20-23,25,32-34H,2-3,8-9,11-12H2,1H3,(H,26,28)(H,35,36)/t20-,21-,22+,23-,25+/m0/s1. The number of ether oxygens (including phenoxy) is 4. The number of amides is 3. The quantitative estimate of drug-likeness (QED) is 0.101. The molecule has 0 aromatic heterocycles. The highest BCUT2D eigenvalue weighted by molar-refractivity contribution is 6.14. The molecule has 0 bridgehead atoms. The van der Waals surface area contributed by atoms with Crippen molar-refractivity contribution in [3.8, 4) is 11.5 Å². The van der Waals surface area contributed by atoms with Gasteiger partial charge in [0.05, 0.1) is 6.61 Å². The molecule has 2 aliphatic rings. The van der Waals surface area contributed by atoms with Gasteiger partial charge in [-0.2, -0.15) is 0 Å². The number of rotatable bonds is 13. The average molecular weight is 567 g/mol. The molecule has 15 nitrogen and oxygen atoms in total. The Hall–Kier alpha value is -4.05. The molecule has 0 radical (unpaired) electrons. The summed E-state index contributed by atoms with van der Waals surface area (Å²) in [5.74, 6) is -3.45. The van der Waals surface area contributed by atoms with Crippen LogP contribution in [0.15, 0.2) is 30.4 Å². The fourth-order valence-corrected chi connectivity index (χ4v) is 3.67. The van der Waals surface area contributed by atoms with E-state index in [1.807, 2.05) is 0 Å². The molecule has 2 aliphatic heterocycles. The lowest BCUT2D eigenvalue weighted by molar-refractivity contribution is -0.271. The Morgan fingerprint density at radius 1 is 1.05 bits per heavy atom. The maximum Gasteiger partial charge on any atom is 0.335 e. The molecule has 5 atom stereocenters. The van der Waals surface area contributed by atoms with E-state index < -0.39 is 66.9 Å². The molecule has 218 valence electrons. The van der Waals surface area contributed by atoms with Gasteiger partial charge in [-0.25, -0.2) is 4.79 Å². The lowest BCUT2D eigenvalue weighted by atomic mass is 9.99. The van der Waals surface area contributed by atoms with Gasteiger partial charge in [-0.3, -0.25) is 24.1 Å². The minimum Gasteiger partial charge on any atom is -0.493 e. The molecule has 0 saturated carbocycles. The first-order valence-corrected chi connectivity index (χ1v) is 12.3. The van der Waals surface area contributed by atoms with E-state index in [0.717, 1.165) is 17.1 Å². The molecular weight excluding hydrogens is 536 g/mol. The number of hydrogen-bond acceptors (Lipinski definition) is 12. The smallest absolute Gasteiger partial charge is 0.335 e. The number of aliphatic hydroxyl groups is 3. The van der Waals surface area contributed by atoms with Gasteiger partial charge >= 0.3 is 11.9 Å². The van der Waals surface area contributed by atoms with Crippen molar-refractivity contribution in [1.82, 2.24) is 10.2 Å². The number of aliphatic carboxylic acids is 1. The van der Waals surface area contributed by atoms with Crippen LogP contribution in [0, 0.1) is 0 Å². The summed E-state index contributed by atoms with van der Waals surface area (Å²) in [6.45, 7) is 1.29. The van der Waals surface area contributed by atoms with E-state index in [0.29, 0.717) is 12.0 Å². The minimum atomic E-state index is -1.88. The third-order valence-corrected chi connectivity index (χ3v) is 5.88. The summed E-state index contributed by atoms with van der Waals surface area (Å²) in [5, 5.41) is 41.8. The molecule has 0 aliphatic carbocycles. The Morgan fingerprint density at radius 2 is 1.75 bits per heavy atom. The molecule has 0 spiro atoms. The van der Waals surface area contributed by atoms with E-state index in [-0.39, 0.29) is 37.7 Å². The Bertz CT molecular complexity index is 1140. The highest BCUT2D eigenvalue weighted by Gasteiger charge is 2.48. The average Bonchev–Trinajstić information content (AvgIpc) is 3.24. The van der Waals surface area contributed by atoms with Crippen LogP contribution in [0.3, 0.4) is 0 Å². The number of carboxylic acid groups (broad SMARTS) is 1. The normalized spacial score (nSPS) is 24.1. The Kier molecular flexibility index (Phi) is 10.6. The molecule has 1 aromatic rings. The number of nitrogens with zero attached hydrogens (tertiary/aromatic N) is 1. The number of benzene rings is 1. The molecule has 1 fully saturated rings. The van der Waals surface area contributed by atoms with Crippen LogP contribution in [-0.4, -0.2) is 105 Å². The van der Waals surface area contributed by atoms with Gasteiger partial charge in [0.15, 0.2) is 6.10 Å². The van der Waals surface area contributed by atoms with Crippen LogP contribution < -0.4 is 14.8 Å². The van der Waals surface area contributed by atoms with E-state index in [1.54, 1.807) is 6.92 Å². The first-order valence-electron chi connectivity index (χ1n) is 12.3. The molecule has 3 amide bonds. The summed E-state index contributed by atoms with van der Waals surface area (Å²) in [7, 11) is 0. The van der Waals surface area contributed by atoms with Crippen molar-refractivity contribution in [2.75, 3.05) is 19.7 Å². The minimum absolute atomic E-state index is 0.0409. The topological polar surface area (TPSA) is 218 Å². The molecule has 0 unspecified atom stereocenters. The number of esters is 1. The molecule has 3 rings (SSSR count). The number of hydrogen-bond donors (Lipinski definition) is 5. The summed E-state index contributed by atoms with van der Waals surface area (Å²) < 4.78 is 21.6. The fourth-order valence-electron chi connectivity index (χ4n) is 3.67. The van der Waals surface area contributed by atoms with Crippen molar-refractivity contribution >= 4 is 29.7 Å². The zero-order valence-corrected chi connectivity index (χ0v) is 21.4. The predicted molar refractivity (Wildman–Crippen MR) is 130 cm³/mol. The number of nitrogens with one attached hydrogen (secondary N) is 1. The van der Waals surface area contributed by atoms with Crippen LogP contribution in [-0.2, 0) is 40.1 Å². The largest absolute Gasteiger partial charge is 0.493 e. The van der Waals surface area contributed by atoms with E-state index >= 15 is 0 Å². The zero-order chi connectivity index (χ0) is 29.4. The van der Waals surface area contributed by atoms with Crippen molar-refractivity contribution in [3.05, 3.63) is 35.9 Å². The van der Waals surface area contributed by atoms with Crippen LogP contribution in [0.4, 0.5) is 0 Å². The van der Waals surface area contributed by atoms with Gasteiger partial charge in [-0.1, -0.05) is 6.92 Å². The van der Waals surface area contributed by atoms with Crippen molar-refractivity contribution in [3.63, 3.8) is 0 Å². The third-order valence-electron chi connectivity index (χ3n) is 5.88. The number of carboxylic acids is 1. The van der Waals surface area contributed by atoms with Crippen molar-refractivity contribution in [1.29, 1.82) is 0 Å². The highest BCUT2D eigenvalue weighted by Crippen LogP contribution is 2.30. The SMILES string of the molecule is CCC(=O)OCc1ccc(O[C@@H]2O[C@H](C(=O)O)[C@@H](O)[C@H](O)[C@H]2O)cc1OCCCNC(=O)CN1C(=O)C=CC1=O. The second kappa shape index (κ2) is 13.8. The van der Waals surface area contributed by atoms with E-state index in [2.05, 4.69) is 5.32 Å². The van der Waals surface area contributed by atoms with Crippen molar-refractivity contribution < 1.29 is 63.3 Å². The second-order valence-corrected chi connectivity index (χ2v) is 8.78. The van der Waals surface area contributed by atoms with E-state index in [9.17, 15) is 44.4 Å². The van der Waals surface area contributed by atoms with Crippen molar-refractivity contribution in [2.45, 2.75) is 57.1 Å². The molecule has 15 heteroatoms. The molecule has 1 aromatic carbocycles. The first-order chi connectivity index (χ1) is 19.0.